The van der Waals surface area contributed by atoms with Gasteiger partial charge in [0.2, 0.25) is 0 Å². The SMILES string of the molecule is Cc1nccc(Nc2nc(-c3nn(Cc4c(F)cc(OCC(F)F)cc4F)c4ccccc34)ncc2OCCCO[Si](C)(C)C(C)(C)C)n1. The van der Waals surface area contributed by atoms with E-state index in [4.69, 9.17) is 18.9 Å². The average Bonchev–Trinajstić information content (AvgIpc) is 3.40. The van der Waals surface area contributed by atoms with Crippen LogP contribution in [0.25, 0.3) is 22.4 Å². The van der Waals surface area contributed by atoms with Gasteiger partial charge in [0.1, 0.15) is 41.3 Å². The Bertz CT molecular complexity index is 1890. The molecule has 0 radical (unpaired) electrons. The number of nitrogens with one attached hydrogen (secondary N) is 1. The molecule has 0 bridgehead atoms. The number of ether oxygens (including phenoxy) is 2. The summed E-state index contributed by atoms with van der Waals surface area (Å²) < 4.78 is 73.8. The molecule has 1 N–H and O–H groups in total. The van der Waals surface area contributed by atoms with Gasteiger partial charge in [-0.3, -0.25) is 4.68 Å². The molecule has 0 amide bonds. The zero-order chi connectivity index (χ0) is 35.3. The summed E-state index contributed by atoms with van der Waals surface area (Å²) in [7, 11) is -1.90. The minimum atomic E-state index is -2.78. The van der Waals surface area contributed by atoms with E-state index in [-0.39, 0.29) is 28.7 Å². The Morgan fingerprint density at radius 3 is 2.39 bits per heavy atom. The first-order chi connectivity index (χ1) is 23.2. The van der Waals surface area contributed by atoms with Crippen molar-refractivity contribution in [3.8, 4) is 23.0 Å². The lowest BCUT2D eigenvalue weighted by Gasteiger charge is -2.36. The summed E-state index contributed by atoms with van der Waals surface area (Å²) in [5.74, 6) is -0.240. The van der Waals surface area contributed by atoms with Gasteiger partial charge in [0.15, 0.2) is 25.7 Å². The molecule has 0 aliphatic rings. The second-order valence-corrected chi connectivity index (χ2v) is 17.7. The second-order valence-electron chi connectivity index (χ2n) is 12.9. The van der Waals surface area contributed by atoms with Crippen LogP contribution in [0.4, 0.5) is 29.2 Å². The fourth-order valence-electron chi connectivity index (χ4n) is 4.65. The van der Waals surface area contributed by atoms with E-state index in [1.165, 1.54) is 4.68 Å². The number of alkyl halides is 2. The molecule has 0 aliphatic carbocycles. The van der Waals surface area contributed by atoms with Crippen LogP contribution in [0.5, 0.6) is 11.5 Å². The summed E-state index contributed by atoms with van der Waals surface area (Å²) in [6.45, 7) is 12.4. The number of rotatable bonds is 14. The highest BCUT2D eigenvalue weighted by molar-refractivity contribution is 6.74. The molecule has 260 valence electrons. The van der Waals surface area contributed by atoms with Gasteiger partial charge in [0, 0.05) is 42.3 Å². The van der Waals surface area contributed by atoms with Crippen molar-refractivity contribution >= 4 is 30.9 Å². The Hall–Kier alpha value is -4.63. The quantitative estimate of drug-likeness (QED) is 0.0700. The van der Waals surface area contributed by atoms with Crippen LogP contribution in [0.2, 0.25) is 18.1 Å². The van der Waals surface area contributed by atoms with Gasteiger partial charge in [-0.2, -0.15) is 5.10 Å². The molecular formula is C34H39F4N7O3Si. The highest BCUT2D eigenvalue weighted by atomic mass is 28.4. The van der Waals surface area contributed by atoms with Gasteiger partial charge in [-0.15, -0.1) is 0 Å². The lowest BCUT2D eigenvalue weighted by molar-refractivity contribution is 0.0815. The Morgan fingerprint density at radius 1 is 0.959 bits per heavy atom. The minimum Gasteiger partial charge on any atom is -0.488 e. The minimum absolute atomic E-state index is 0.0989. The Morgan fingerprint density at radius 2 is 1.69 bits per heavy atom. The van der Waals surface area contributed by atoms with Crippen molar-refractivity contribution in [2.45, 2.75) is 65.2 Å². The van der Waals surface area contributed by atoms with E-state index < -0.39 is 33.0 Å². The number of aryl methyl sites for hydroxylation is 1. The number of hydrogen-bond donors (Lipinski definition) is 1. The number of aromatic nitrogens is 6. The van der Waals surface area contributed by atoms with E-state index in [0.717, 1.165) is 12.1 Å². The van der Waals surface area contributed by atoms with Gasteiger partial charge >= 0.3 is 0 Å². The van der Waals surface area contributed by atoms with E-state index in [0.29, 0.717) is 59.4 Å². The lowest BCUT2D eigenvalue weighted by atomic mass is 10.1. The van der Waals surface area contributed by atoms with Crippen LogP contribution in [-0.2, 0) is 11.0 Å². The highest BCUT2D eigenvalue weighted by Gasteiger charge is 2.36. The summed E-state index contributed by atoms with van der Waals surface area (Å²) in [4.78, 5) is 17.9. The van der Waals surface area contributed by atoms with Crippen LogP contribution in [0.1, 0.15) is 38.6 Å². The summed E-state index contributed by atoms with van der Waals surface area (Å²) in [6.07, 6.45) is 1.03. The first-order valence-corrected chi connectivity index (χ1v) is 18.7. The number of anilines is 2. The van der Waals surface area contributed by atoms with Gasteiger partial charge in [-0.05, 0) is 37.2 Å². The first-order valence-electron chi connectivity index (χ1n) is 15.8. The fourth-order valence-corrected chi connectivity index (χ4v) is 5.74. The van der Waals surface area contributed by atoms with E-state index in [2.05, 4.69) is 59.2 Å². The number of nitrogens with zero attached hydrogens (tertiary/aromatic N) is 6. The van der Waals surface area contributed by atoms with Crippen LogP contribution >= 0.6 is 0 Å². The third-order valence-electron chi connectivity index (χ3n) is 8.26. The summed E-state index contributed by atoms with van der Waals surface area (Å²) >= 11 is 0. The van der Waals surface area contributed by atoms with Crippen molar-refractivity contribution in [2.24, 2.45) is 0 Å². The molecular weight excluding hydrogens is 658 g/mol. The smallest absolute Gasteiger partial charge is 0.272 e. The monoisotopic (exact) mass is 697 g/mol. The largest absolute Gasteiger partial charge is 0.488 e. The maximum absolute atomic E-state index is 15.0. The van der Waals surface area contributed by atoms with Crippen molar-refractivity contribution in [1.82, 2.24) is 29.7 Å². The fraction of sp³-hybridized carbons (Fsp3) is 0.382. The normalized spacial score (nSPS) is 12.1. The zero-order valence-electron chi connectivity index (χ0n) is 28.2. The van der Waals surface area contributed by atoms with Gasteiger partial charge < -0.3 is 19.2 Å². The Kier molecular flexibility index (Phi) is 10.8. The molecule has 5 aromatic rings. The van der Waals surface area contributed by atoms with E-state index >= 15 is 8.78 Å². The molecule has 0 saturated heterocycles. The molecule has 3 heterocycles. The predicted octanol–water partition coefficient (Wildman–Crippen LogP) is 8.10. The number of hydrogen-bond acceptors (Lipinski definition) is 9. The van der Waals surface area contributed by atoms with Crippen LogP contribution < -0.4 is 14.8 Å². The topological polar surface area (TPSA) is 109 Å². The van der Waals surface area contributed by atoms with Crippen LogP contribution in [-0.4, -0.2) is 64.3 Å². The van der Waals surface area contributed by atoms with Crippen LogP contribution in [0, 0.1) is 18.6 Å². The maximum atomic E-state index is 15.0. The Labute approximate surface area is 283 Å². The molecule has 0 spiro atoms. The van der Waals surface area contributed by atoms with Crippen molar-refractivity contribution in [3.63, 3.8) is 0 Å². The van der Waals surface area contributed by atoms with Gasteiger partial charge in [0.05, 0.1) is 24.9 Å². The molecule has 15 heteroatoms. The lowest BCUT2D eigenvalue weighted by Crippen LogP contribution is -2.41. The van der Waals surface area contributed by atoms with Crippen molar-refractivity contribution < 1.29 is 31.5 Å². The van der Waals surface area contributed by atoms with E-state index in [1.807, 2.05) is 0 Å². The third-order valence-corrected chi connectivity index (χ3v) is 12.8. The van der Waals surface area contributed by atoms with E-state index in [9.17, 15) is 8.78 Å². The second kappa shape index (κ2) is 14.9. The number of benzene rings is 2. The summed E-state index contributed by atoms with van der Waals surface area (Å²) in [5, 5.41) is 8.60. The van der Waals surface area contributed by atoms with Gasteiger partial charge in [-0.25, -0.2) is 37.5 Å². The number of halogens is 4. The molecule has 0 aliphatic heterocycles. The molecule has 49 heavy (non-hydrogen) atoms. The standard InChI is InChI=1S/C34H39F4N7O3Si/c1-21-39-13-12-30(41-21)42-32-28(46-14-9-15-48-49(5,6)34(2,3)4)18-40-33(43-32)31-23-10-7-8-11-27(23)45(44-31)19-24-25(35)16-22(17-26(24)36)47-20-29(37)38/h7-8,10-13,16-18,29H,9,14-15,19-20H2,1-6H3,(H,39,40,41,42,43). The van der Waals surface area contributed by atoms with Gasteiger partial charge in [-0.1, -0.05) is 39.0 Å². The molecule has 0 unspecified atom stereocenters. The molecule has 0 saturated carbocycles. The van der Waals surface area contributed by atoms with Gasteiger partial charge in [0.25, 0.3) is 6.43 Å². The maximum Gasteiger partial charge on any atom is 0.272 e. The molecule has 3 aromatic heterocycles. The van der Waals surface area contributed by atoms with Crippen molar-refractivity contribution in [2.75, 3.05) is 25.1 Å². The zero-order valence-corrected chi connectivity index (χ0v) is 29.2. The van der Waals surface area contributed by atoms with Crippen molar-refractivity contribution in [1.29, 1.82) is 0 Å². The molecule has 2 aromatic carbocycles. The number of para-hydroxylation sites is 1. The average molecular weight is 698 g/mol. The highest BCUT2D eigenvalue weighted by Crippen LogP contribution is 2.37. The summed E-state index contributed by atoms with van der Waals surface area (Å²) in [6, 6.07) is 10.6. The Balaban J connectivity index is 1.43. The molecule has 0 fully saturated rings. The van der Waals surface area contributed by atoms with Crippen LogP contribution in [0.15, 0.2) is 54.9 Å². The first kappa shape index (κ1) is 35.7. The predicted molar refractivity (Wildman–Crippen MR) is 181 cm³/mol. The van der Waals surface area contributed by atoms with E-state index in [1.54, 1.807) is 49.6 Å². The van der Waals surface area contributed by atoms with Crippen LogP contribution in [0.3, 0.4) is 0 Å². The molecule has 5 rings (SSSR count). The third kappa shape index (κ3) is 8.70. The van der Waals surface area contributed by atoms with Crippen molar-refractivity contribution in [3.05, 3.63) is 77.9 Å². The summed E-state index contributed by atoms with van der Waals surface area (Å²) in [5.41, 5.74) is 0.623. The number of fused-ring (bicyclic) bond motifs is 1. The molecule has 10 nitrogen and oxygen atoms in total. The molecule has 0 atom stereocenters.